The fourth-order valence-corrected chi connectivity index (χ4v) is 5.28. The number of aromatic nitrogens is 1. The molecule has 45 heavy (non-hydrogen) atoms. The molecule has 0 bridgehead atoms. The molecule has 2 N–H and O–H groups in total. The molecule has 4 aromatic rings. The molecular weight excluding hydrogens is 609 g/mol. The molecular formula is C37H42CoN3O4. The number of aliphatic imine (C=N–C) groups is 2. The maximum atomic E-state index is 10.7. The van der Waals surface area contributed by atoms with Gasteiger partial charge in [-0.25, -0.2) is 4.98 Å². The number of carbonyl (C=O) groups is 1. The van der Waals surface area contributed by atoms with Crippen LogP contribution in [0.3, 0.4) is 0 Å². The number of carbonyl (C=O) groups excluding carboxylic acids is 1. The first-order valence-electron chi connectivity index (χ1n) is 14.6. The van der Waals surface area contributed by atoms with Crippen molar-refractivity contribution < 1.29 is 36.9 Å². The van der Waals surface area contributed by atoms with Crippen molar-refractivity contribution in [3.63, 3.8) is 0 Å². The van der Waals surface area contributed by atoms with Crippen LogP contribution < -0.4 is 5.11 Å². The van der Waals surface area contributed by atoms with Crippen molar-refractivity contribution in [3.05, 3.63) is 110 Å². The molecule has 0 fully saturated rings. The standard InChI is InChI=1S/C27H31N3.C10H12O4.Co/c1-16-12-18(3)26(19(4)13-16)28-22(7)24-10-9-11-25(30-24)23(8)29-27-20(5)14-17(2)15-21(27)6;1-5(2)6-3-4-7(11)9(12)8(6)10(13)14;/h9-15H,1-8H3;3-5,11-12H,1-2H3,(H,13,14);/q;;+1/p-1. The molecule has 0 spiro atoms. The van der Waals surface area contributed by atoms with E-state index in [9.17, 15) is 15.0 Å². The Bertz CT molecular complexity index is 1640. The molecule has 0 aliphatic carbocycles. The predicted molar refractivity (Wildman–Crippen MR) is 177 cm³/mol. The van der Waals surface area contributed by atoms with E-state index in [1.807, 2.05) is 32.0 Å². The summed E-state index contributed by atoms with van der Waals surface area (Å²) in [6.45, 7) is 20.3. The molecule has 0 aliphatic heterocycles. The van der Waals surface area contributed by atoms with E-state index in [1.54, 1.807) is 13.8 Å². The van der Waals surface area contributed by atoms with Gasteiger partial charge >= 0.3 is 16.8 Å². The Morgan fingerprint density at radius 1 is 0.733 bits per heavy atom. The summed E-state index contributed by atoms with van der Waals surface area (Å²) < 4.78 is 0. The number of aryl methyl sites for hydroxylation is 6. The largest absolute Gasteiger partial charge is 1.00 e. The maximum absolute atomic E-state index is 10.7. The number of aromatic hydroxyl groups is 2. The molecule has 0 atom stereocenters. The number of benzene rings is 3. The second-order valence-corrected chi connectivity index (χ2v) is 11.6. The van der Waals surface area contributed by atoms with Crippen LogP contribution in [0.15, 0.2) is 64.6 Å². The van der Waals surface area contributed by atoms with E-state index in [0.29, 0.717) is 5.56 Å². The van der Waals surface area contributed by atoms with Crippen molar-refractivity contribution in [2.75, 3.05) is 0 Å². The van der Waals surface area contributed by atoms with Gasteiger partial charge in [-0.1, -0.05) is 61.4 Å². The van der Waals surface area contributed by atoms with Crippen LogP contribution in [-0.4, -0.2) is 32.6 Å². The number of pyridine rings is 1. The molecule has 0 unspecified atom stereocenters. The number of hydrogen-bond donors (Lipinski definition) is 2. The van der Waals surface area contributed by atoms with Gasteiger partial charge in [-0.3, -0.25) is 9.98 Å². The minimum atomic E-state index is -1.48. The first-order valence-corrected chi connectivity index (χ1v) is 14.6. The summed E-state index contributed by atoms with van der Waals surface area (Å²) in [4.78, 5) is 25.4. The number of phenolic OH excluding ortho intramolecular Hbond substituents is 1. The minimum Gasteiger partial charge on any atom is -0.545 e. The molecule has 1 heterocycles. The van der Waals surface area contributed by atoms with E-state index in [1.165, 1.54) is 45.5 Å². The zero-order chi connectivity index (χ0) is 32.9. The Labute approximate surface area is 277 Å². The van der Waals surface area contributed by atoms with E-state index < -0.39 is 17.5 Å². The van der Waals surface area contributed by atoms with Crippen LogP contribution in [0.1, 0.15) is 94.3 Å². The zero-order valence-corrected chi connectivity index (χ0v) is 28.7. The number of phenols is 2. The quantitative estimate of drug-likeness (QED) is 0.163. The van der Waals surface area contributed by atoms with Crippen molar-refractivity contribution >= 4 is 28.8 Å². The van der Waals surface area contributed by atoms with Gasteiger partial charge in [0.1, 0.15) is 0 Å². The molecule has 0 saturated carbocycles. The summed E-state index contributed by atoms with van der Waals surface area (Å²) in [5.41, 5.74) is 13.0. The van der Waals surface area contributed by atoms with E-state index in [0.717, 1.165) is 34.2 Å². The van der Waals surface area contributed by atoms with Crippen LogP contribution in [0.5, 0.6) is 11.5 Å². The topological polar surface area (TPSA) is 118 Å². The molecule has 0 radical (unpaired) electrons. The third kappa shape index (κ3) is 9.12. The maximum Gasteiger partial charge on any atom is 1.00 e. The van der Waals surface area contributed by atoms with E-state index in [2.05, 4.69) is 65.8 Å². The van der Waals surface area contributed by atoms with Gasteiger partial charge in [0.25, 0.3) is 0 Å². The number of carboxylic acids is 1. The summed E-state index contributed by atoms with van der Waals surface area (Å²) in [6.07, 6.45) is 0. The molecule has 0 aliphatic rings. The second kappa shape index (κ2) is 15.6. The normalized spacial score (nSPS) is 11.5. The van der Waals surface area contributed by atoms with Crippen molar-refractivity contribution in [1.29, 1.82) is 0 Å². The number of aromatic carboxylic acids is 1. The molecule has 0 amide bonds. The molecule has 3 aromatic carbocycles. The van der Waals surface area contributed by atoms with E-state index >= 15 is 0 Å². The van der Waals surface area contributed by atoms with Crippen LogP contribution in [0, 0.1) is 41.5 Å². The van der Waals surface area contributed by atoms with Crippen LogP contribution in [0.4, 0.5) is 11.4 Å². The predicted octanol–water partition coefficient (Wildman–Crippen LogP) is 7.80. The first kappa shape index (κ1) is 36.9. The Morgan fingerprint density at radius 3 is 1.49 bits per heavy atom. The van der Waals surface area contributed by atoms with Crippen molar-refractivity contribution in [2.45, 2.75) is 75.2 Å². The fourth-order valence-electron chi connectivity index (χ4n) is 5.28. The van der Waals surface area contributed by atoms with Crippen LogP contribution >= 0.6 is 0 Å². The Morgan fingerprint density at radius 2 is 1.13 bits per heavy atom. The molecule has 238 valence electrons. The first-order chi connectivity index (χ1) is 20.6. The van der Waals surface area contributed by atoms with Gasteiger partial charge in [-0.05, 0) is 107 Å². The van der Waals surface area contributed by atoms with Crippen molar-refractivity contribution in [2.24, 2.45) is 9.98 Å². The number of rotatable bonds is 6. The van der Waals surface area contributed by atoms with Gasteiger partial charge in [-0.15, -0.1) is 0 Å². The van der Waals surface area contributed by atoms with Crippen LogP contribution in [0.25, 0.3) is 0 Å². The average molecular weight is 652 g/mol. The van der Waals surface area contributed by atoms with Crippen LogP contribution in [0.2, 0.25) is 0 Å². The third-order valence-electron chi connectivity index (χ3n) is 7.34. The summed E-state index contributed by atoms with van der Waals surface area (Å²) in [5, 5.41) is 29.2. The van der Waals surface area contributed by atoms with Gasteiger partial charge in [0.2, 0.25) is 0 Å². The molecule has 4 rings (SSSR count). The third-order valence-corrected chi connectivity index (χ3v) is 7.34. The molecule has 1 aromatic heterocycles. The Kier molecular flexibility index (Phi) is 12.8. The Hall–Kier alpha value is -4.27. The van der Waals surface area contributed by atoms with Gasteiger partial charge in [0.15, 0.2) is 11.5 Å². The SMILES string of the molecule is CC(=Nc1c(C)cc(C)cc1C)c1cccc(C(C)=Nc2c(C)cc(C)cc2C)n1.CC(C)c1ccc(O)c(O)c1C(=O)[O-].[Co+]. The van der Waals surface area contributed by atoms with Crippen molar-refractivity contribution in [3.8, 4) is 11.5 Å². The summed E-state index contributed by atoms with van der Waals surface area (Å²) >= 11 is 0. The summed E-state index contributed by atoms with van der Waals surface area (Å²) in [5.74, 6) is -2.62. The average Bonchev–Trinajstić information content (AvgIpc) is 2.93. The van der Waals surface area contributed by atoms with Crippen molar-refractivity contribution in [1.82, 2.24) is 4.98 Å². The molecule has 0 saturated heterocycles. The Balaban J connectivity index is 0.000000396. The fraction of sp³-hybridized carbons (Fsp3) is 0.297. The number of hydrogen-bond acceptors (Lipinski definition) is 7. The molecule has 7 nitrogen and oxygen atoms in total. The number of nitrogens with zero attached hydrogens (tertiary/aromatic N) is 3. The monoisotopic (exact) mass is 651 g/mol. The van der Waals surface area contributed by atoms with E-state index in [-0.39, 0.29) is 28.3 Å². The van der Waals surface area contributed by atoms with Gasteiger partial charge in [0.05, 0.1) is 40.2 Å². The number of carboxylic acid groups (broad SMARTS) is 1. The van der Waals surface area contributed by atoms with Gasteiger partial charge in [-0.2, -0.15) is 0 Å². The van der Waals surface area contributed by atoms with E-state index in [4.69, 9.17) is 20.1 Å². The minimum absolute atomic E-state index is 0. The van der Waals surface area contributed by atoms with Gasteiger partial charge < -0.3 is 20.1 Å². The summed E-state index contributed by atoms with van der Waals surface area (Å²) in [6, 6.07) is 17.5. The van der Waals surface area contributed by atoms with Gasteiger partial charge in [0, 0.05) is 5.56 Å². The molecule has 8 heteroatoms. The van der Waals surface area contributed by atoms with Crippen LogP contribution in [-0.2, 0) is 16.8 Å². The second-order valence-electron chi connectivity index (χ2n) is 11.6. The zero-order valence-electron chi connectivity index (χ0n) is 27.7. The smallest absolute Gasteiger partial charge is 0.545 e. The summed E-state index contributed by atoms with van der Waals surface area (Å²) in [7, 11) is 0.